The molecule has 1 atom stereocenters. The fourth-order valence-corrected chi connectivity index (χ4v) is 13.0. The van der Waals surface area contributed by atoms with E-state index in [0.29, 0.717) is 0 Å². The van der Waals surface area contributed by atoms with Crippen molar-refractivity contribution in [3.63, 3.8) is 0 Å². The third kappa shape index (κ3) is 7.22. The Kier molecular flexibility index (Phi) is 10.3. The van der Waals surface area contributed by atoms with Gasteiger partial charge in [-0.2, -0.15) is 0 Å². The third-order valence-corrected chi connectivity index (χ3v) is 16.6. The average molecular weight is 937 g/mol. The summed E-state index contributed by atoms with van der Waals surface area (Å²) in [4.78, 5) is 5.09. The Morgan fingerprint density at radius 2 is 0.863 bits per heavy atom. The minimum atomic E-state index is -0.0823. The van der Waals surface area contributed by atoms with Crippen LogP contribution in [0.3, 0.4) is 0 Å². The van der Waals surface area contributed by atoms with Gasteiger partial charge in [-0.1, -0.05) is 214 Å². The number of allylic oxidation sites excluding steroid dienone is 2. The quantitative estimate of drug-likeness (QED) is 0.121. The SMILES string of the molecule is CC1(C)C2=C(C=CC(N3c4ccccc4CCc4ccccc43)C2)c2ccc(C=Cc3ccc(-c4c5ccccc5c(-c5ccc(N6c7ccccc7CCc7ccccc76)cc5)c5ccccc45)cc3)cc21. The molecule has 4 aliphatic rings. The van der Waals surface area contributed by atoms with Gasteiger partial charge in [0.1, 0.15) is 0 Å². The molecule has 73 heavy (non-hydrogen) atoms. The van der Waals surface area contributed by atoms with E-state index in [1.807, 2.05) is 0 Å². The van der Waals surface area contributed by atoms with Gasteiger partial charge in [0, 0.05) is 33.9 Å². The zero-order valence-electron chi connectivity index (χ0n) is 41.5. The summed E-state index contributed by atoms with van der Waals surface area (Å²) in [7, 11) is 0. The van der Waals surface area contributed by atoms with Gasteiger partial charge in [-0.05, 0) is 168 Å². The number of para-hydroxylation sites is 4. The molecule has 0 aromatic heterocycles. The highest BCUT2D eigenvalue weighted by atomic mass is 15.2. The van der Waals surface area contributed by atoms with Crippen molar-refractivity contribution >= 4 is 67.7 Å². The highest BCUT2D eigenvalue weighted by Crippen LogP contribution is 2.53. The maximum atomic E-state index is 2.63. The summed E-state index contributed by atoms with van der Waals surface area (Å²) >= 11 is 0. The summed E-state index contributed by atoms with van der Waals surface area (Å²) in [6.07, 6.45) is 14.7. The number of benzene rings is 10. The van der Waals surface area contributed by atoms with Crippen LogP contribution in [-0.4, -0.2) is 6.04 Å². The average Bonchev–Trinajstić information content (AvgIpc) is 3.56. The molecule has 2 aliphatic heterocycles. The second-order valence-corrected chi connectivity index (χ2v) is 21.0. The summed E-state index contributed by atoms with van der Waals surface area (Å²) in [5.41, 5.74) is 25.1. The molecule has 2 aliphatic carbocycles. The van der Waals surface area contributed by atoms with Gasteiger partial charge in [-0.25, -0.2) is 0 Å². The Morgan fingerprint density at radius 3 is 1.38 bits per heavy atom. The molecule has 10 aromatic rings. The van der Waals surface area contributed by atoms with E-state index in [4.69, 9.17) is 0 Å². The van der Waals surface area contributed by atoms with E-state index in [9.17, 15) is 0 Å². The second-order valence-electron chi connectivity index (χ2n) is 21.0. The largest absolute Gasteiger partial charge is 0.334 e. The molecule has 0 fully saturated rings. The molecule has 0 bridgehead atoms. The Morgan fingerprint density at radius 1 is 0.438 bits per heavy atom. The fraction of sp³-hybridized carbons (Fsp3) is 0.127. The van der Waals surface area contributed by atoms with Gasteiger partial charge in [0.15, 0.2) is 0 Å². The first-order chi connectivity index (χ1) is 36.0. The molecule has 1 unspecified atom stereocenters. The number of hydrogen-bond donors (Lipinski definition) is 0. The number of fused-ring (bicyclic) bond motifs is 8. The molecule has 0 amide bonds. The molecule has 10 aromatic carbocycles. The topological polar surface area (TPSA) is 6.48 Å². The molecule has 350 valence electrons. The number of hydrogen-bond acceptors (Lipinski definition) is 2. The molecule has 2 nitrogen and oxygen atoms in total. The van der Waals surface area contributed by atoms with E-state index in [2.05, 4.69) is 260 Å². The van der Waals surface area contributed by atoms with Gasteiger partial charge >= 0.3 is 0 Å². The van der Waals surface area contributed by atoms with Crippen LogP contribution in [0.4, 0.5) is 28.4 Å². The van der Waals surface area contributed by atoms with Crippen LogP contribution in [-0.2, 0) is 31.1 Å². The van der Waals surface area contributed by atoms with Crippen molar-refractivity contribution in [2.45, 2.75) is 57.4 Å². The maximum absolute atomic E-state index is 2.63. The molecular weight excluding hydrogens is 881 g/mol. The summed E-state index contributed by atoms with van der Waals surface area (Å²) < 4.78 is 0. The van der Waals surface area contributed by atoms with Gasteiger partial charge in [-0.15, -0.1) is 0 Å². The number of aryl methyl sites for hydroxylation is 4. The van der Waals surface area contributed by atoms with Crippen molar-refractivity contribution in [2.75, 3.05) is 9.80 Å². The van der Waals surface area contributed by atoms with Crippen molar-refractivity contribution in [1.29, 1.82) is 0 Å². The van der Waals surface area contributed by atoms with Crippen LogP contribution in [0.25, 0.3) is 61.5 Å². The van der Waals surface area contributed by atoms with Crippen LogP contribution >= 0.6 is 0 Å². The normalized spacial score (nSPS) is 16.4. The molecule has 0 N–H and O–H groups in total. The van der Waals surface area contributed by atoms with Gasteiger partial charge < -0.3 is 9.80 Å². The summed E-state index contributed by atoms with van der Waals surface area (Å²) in [6.45, 7) is 4.87. The van der Waals surface area contributed by atoms with Crippen LogP contribution in [0.5, 0.6) is 0 Å². The zero-order valence-corrected chi connectivity index (χ0v) is 41.5. The van der Waals surface area contributed by atoms with Crippen LogP contribution in [0.2, 0.25) is 0 Å². The minimum absolute atomic E-state index is 0.0823. The maximum Gasteiger partial charge on any atom is 0.0563 e. The smallest absolute Gasteiger partial charge is 0.0563 e. The molecule has 0 saturated heterocycles. The number of nitrogens with zero attached hydrogens (tertiary/aromatic N) is 2. The molecule has 2 heteroatoms. The Hall–Kier alpha value is -8.46. The first-order valence-corrected chi connectivity index (χ1v) is 26.3. The lowest BCUT2D eigenvalue weighted by Crippen LogP contribution is -2.34. The van der Waals surface area contributed by atoms with E-state index in [-0.39, 0.29) is 11.5 Å². The van der Waals surface area contributed by atoms with Crippen molar-refractivity contribution in [2.24, 2.45) is 0 Å². The molecule has 0 saturated carbocycles. The summed E-state index contributed by atoms with van der Waals surface area (Å²) in [5.74, 6) is 0. The van der Waals surface area contributed by atoms with Gasteiger partial charge in [-0.3, -0.25) is 0 Å². The predicted molar refractivity (Wildman–Crippen MR) is 310 cm³/mol. The molecule has 14 rings (SSSR count). The van der Waals surface area contributed by atoms with E-state index in [1.54, 1.807) is 0 Å². The highest BCUT2D eigenvalue weighted by molar-refractivity contribution is 6.21. The lowest BCUT2D eigenvalue weighted by molar-refractivity contribution is 0.585. The van der Waals surface area contributed by atoms with Gasteiger partial charge in [0.05, 0.1) is 6.04 Å². The van der Waals surface area contributed by atoms with E-state index in [1.165, 1.54) is 128 Å². The van der Waals surface area contributed by atoms with Crippen LogP contribution in [0.15, 0.2) is 230 Å². The molecule has 2 heterocycles. The van der Waals surface area contributed by atoms with Crippen molar-refractivity contribution in [3.05, 3.63) is 275 Å². The summed E-state index contributed by atoms with van der Waals surface area (Å²) in [5, 5.41) is 5.05. The molecule has 0 spiro atoms. The van der Waals surface area contributed by atoms with E-state index < -0.39 is 0 Å². The van der Waals surface area contributed by atoms with Gasteiger partial charge in [0.25, 0.3) is 0 Å². The first-order valence-electron chi connectivity index (χ1n) is 26.3. The summed E-state index contributed by atoms with van der Waals surface area (Å²) in [6, 6.07) is 79.7. The number of anilines is 5. The van der Waals surface area contributed by atoms with E-state index in [0.717, 1.165) is 32.1 Å². The Balaban J connectivity index is 0.750. The predicted octanol–water partition coefficient (Wildman–Crippen LogP) is 18.4. The zero-order chi connectivity index (χ0) is 48.6. The monoisotopic (exact) mass is 936 g/mol. The Labute approximate surface area is 429 Å². The fourth-order valence-electron chi connectivity index (χ4n) is 13.0. The van der Waals surface area contributed by atoms with Crippen LogP contribution < -0.4 is 9.80 Å². The first kappa shape index (κ1) is 43.3. The van der Waals surface area contributed by atoms with E-state index >= 15 is 0 Å². The third-order valence-electron chi connectivity index (χ3n) is 16.6. The lowest BCUT2D eigenvalue weighted by atomic mass is 9.77. The van der Waals surface area contributed by atoms with Crippen molar-refractivity contribution < 1.29 is 0 Å². The minimum Gasteiger partial charge on any atom is -0.334 e. The second kappa shape index (κ2) is 17.4. The lowest BCUT2D eigenvalue weighted by Gasteiger charge is -2.37. The molecule has 0 radical (unpaired) electrons. The van der Waals surface area contributed by atoms with Crippen molar-refractivity contribution in [1.82, 2.24) is 0 Å². The van der Waals surface area contributed by atoms with Crippen LogP contribution in [0.1, 0.15) is 64.8 Å². The Bertz CT molecular complexity index is 3770. The van der Waals surface area contributed by atoms with Gasteiger partial charge in [0.2, 0.25) is 0 Å². The standard InChI is InChI=1S/C71H56N2/c1-71(2)63-45-48(31-43-57(63)58-44-42-56(46-64(58)71)73-67-25-13-5-17-51(67)36-37-52-18-6-14-26-68(52)73)28-27-47-29-32-53(33-30-47)69-59-19-7-9-21-61(59)70(62-22-10-8-20-60(62)69)54-38-40-55(41-39-54)72-65-23-11-3-15-49(65)34-35-50-16-4-12-24-66(50)72/h3-33,38-45,56H,34-37,46H2,1-2H3. The highest BCUT2D eigenvalue weighted by Gasteiger charge is 2.41. The van der Waals surface area contributed by atoms with Crippen molar-refractivity contribution in [3.8, 4) is 22.3 Å². The molecular formula is C71H56N2. The van der Waals surface area contributed by atoms with Crippen LogP contribution in [0, 0.1) is 0 Å². The number of rotatable bonds is 6.